The molecule has 4 rings (SSSR count). The molecule has 0 bridgehead atoms. The van der Waals surface area contributed by atoms with E-state index in [4.69, 9.17) is 23.1 Å². The molecule has 0 saturated carbocycles. The molecule has 1 aromatic heterocycles. The van der Waals surface area contributed by atoms with Gasteiger partial charge in [0.25, 0.3) is 5.91 Å². The number of carbonyl (C=O) groups excluding carboxylic acids is 1. The van der Waals surface area contributed by atoms with Crippen molar-refractivity contribution in [2.24, 2.45) is 10.2 Å². The van der Waals surface area contributed by atoms with Crippen LogP contribution in [0.4, 0.5) is 23.0 Å². The van der Waals surface area contributed by atoms with Crippen molar-refractivity contribution in [2.75, 3.05) is 18.0 Å². The van der Waals surface area contributed by atoms with Crippen LogP contribution in [0.25, 0.3) is 0 Å². The summed E-state index contributed by atoms with van der Waals surface area (Å²) in [5, 5.41) is 12.4. The van der Waals surface area contributed by atoms with Crippen molar-refractivity contribution < 1.29 is 4.79 Å². The minimum absolute atomic E-state index is 0.131. The Labute approximate surface area is 208 Å². The fourth-order valence-corrected chi connectivity index (χ4v) is 3.92. The monoisotopic (exact) mass is 484 g/mol. The molecule has 3 aromatic carbocycles. The van der Waals surface area contributed by atoms with Gasteiger partial charge in [-0.2, -0.15) is 5.11 Å². The van der Waals surface area contributed by atoms with Gasteiger partial charge in [-0.15, -0.1) is 5.11 Å². The summed E-state index contributed by atoms with van der Waals surface area (Å²) in [7, 11) is 0. The molecule has 1 amide bonds. The molecule has 1 unspecified atom stereocenters. The molecule has 176 valence electrons. The van der Waals surface area contributed by atoms with E-state index in [1.807, 2.05) is 48.5 Å². The molecule has 0 aliphatic heterocycles. The number of hydrogen-bond acceptors (Lipinski definition) is 6. The van der Waals surface area contributed by atoms with Crippen molar-refractivity contribution >= 4 is 40.5 Å². The van der Waals surface area contributed by atoms with E-state index in [-0.39, 0.29) is 23.5 Å². The highest BCUT2D eigenvalue weighted by atomic mass is 35.5. The summed E-state index contributed by atoms with van der Waals surface area (Å²) in [6, 6.07) is 27.8. The number of pyridine rings is 1. The fourth-order valence-electron chi connectivity index (χ4n) is 3.80. The summed E-state index contributed by atoms with van der Waals surface area (Å²) in [4.78, 5) is 16.7. The van der Waals surface area contributed by atoms with Gasteiger partial charge in [-0.05, 0) is 60.0 Å². The molecule has 0 radical (unpaired) electrons. The van der Waals surface area contributed by atoms with Crippen LogP contribution in [0.1, 0.15) is 33.8 Å². The van der Waals surface area contributed by atoms with Crippen molar-refractivity contribution in [3.63, 3.8) is 0 Å². The van der Waals surface area contributed by atoms with E-state index in [1.54, 1.807) is 42.5 Å². The molecule has 35 heavy (non-hydrogen) atoms. The van der Waals surface area contributed by atoms with Gasteiger partial charge in [0.15, 0.2) is 5.82 Å². The van der Waals surface area contributed by atoms with E-state index in [2.05, 4.69) is 20.5 Å². The highest BCUT2D eigenvalue weighted by molar-refractivity contribution is 6.30. The van der Waals surface area contributed by atoms with E-state index in [0.717, 1.165) is 11.1 Å². The minimum atomic E-state index is -0.154. The van der Waals surface area contributed by atoms with Crippen LogP contribution in [0.15, 0.2) is 101 Å². The van der Waals surface area contributed by atoms with Gasteiger partial charge in [0.2, 0.25) is 0 Å². The second-order valence-corrected chi connectivity index (χ2v) is 8.36. The zero-order valence-electron chi connectivity index (χ0n) is 18.9. The first-order valence-electron chi connectivity index (χ1n) is 11.1. The van der Waals surface area contributed by atoms with Crippen LogP contribution in [0, 0.1) is 0 Å². The first-order valence-corrected chi connectivity index (χ1v) is 11.5. The van der Waals surface area contributed by atoms with Crippen LogP contribution >= 0.6 is 11.6 Å². The highest BCUT2D eigenvalue weighted by Crippen LogP contribution is 2.39. The molecule has 8 heteroatoms. The number of nitrogens with zero attached hydrogens (tertiary/aromatic N) is 3. The Kier molecular flexibility index (Phi) is 7.70. The zero-order chi connectivity index (χ0) is 24.6. The number of carbonyl (C=O) groups is 1. The van der Waals surface area contributed by atoms with E-state index in [0.29, 0.717) is 34.9 Å². The molecule has 7 nitrogen and oxygen atoms in total. The Bertz CT molecular complexity index is 1310. The Balaban J connectivity index is 1.65. The first-order chi connectivity index (χ1) is 17.0. The average Bonchev–Trinajstić information content (AvgIpc) is 2.88. The van der Waals surface area contributed by atoms with Crippen molar-refractivity contribution in [3.05, 3.63) is 113 Å². The van der Waals surface area contributed by atoms with Gasteiger partial charge in [-0.3, -0.25) is 4.79 Å². The second-order valence-electron chi connectivity index (χ2n) is 7.92. The number of benzene rings is 3. The summed E-state index contributed by atoms with van der Waals surface area (Å²) in [5.74, 6) is 0.192. The Hall–Kier alpha value is -4.23. The molecule has 0 spiro atoms. The van der Waals surface area contributed by atoms with Gasteiger partial charge < -0.3 is 16.8 Å². The average molecular weight is 485 g/mol. The lowest BCUT2D eigenvalue weighted by molar-refractivity contribution is 0.0953. The maximum Gasteiger partial charge on any atom is 0.251 e. The molecule has 0 aliphatic carbocycles. The number of nitrogens with one attached hydrogen (secondary N) is 1. The molecule has 0 saturated heterocycles. The molecule has 0 aliphatic rings. The normalized spacial score (nSPS) is 11.9. The predicted octanol–water partition coefficient (Wildman–Crippen LogP) is 6.27. The number of amides is 1. The number of halogens is 1. The van der Waals surface area contributed by atoms with Crippen molar-refractivity contribution in [1.82, 2.24) is 10.3 Å². The summed E-state index contributed by atoms with van der Waals surface area (Å²) >= 11 is 5.97. The smallest absolute Gasteiger partial charge is 0.251 e. The molecule has 1 heterocycles. The summed E-state index contributed by atoms with van der Waals surface area (Å²) in [5.41, 5.74) is 15.8. The summed E-state index contributed by atoms with van der Waals surface area (Å²) in [6.45, 7) is 0.434. The van der Waals surface area contributed by atoms with Crippen LogP contribution in [-0.2, 0) is 0 Å². The van der Waals surface area contributed by atoms with E-state index < -0.39 is 0 Å². The summed E-state index contributed by atoms with van der Waals surface area (Å²) in [6.07, 6.45) is 0.592. The van der Waals surface area contributed by atoms with E-state index in [1.165, 1.54) is 0 Å². The quantitative estimate of drug-likeness (QED) is 0.255. The number of azo groups is 1. The van der Waals surface area contributed by atoms with Crippen LogP contribution in [0.3, 0.4) is 0 Å². The van der Waals surface area contributed by atoms with Crippen molar-refractivity contribution in [3.8, 4) is 0 Å². The van der Waals surface area contributed by atoms with Crippen LogP contribution in [0.5, 0.6) is 0 Å². The van der Waals surface area contributed by atoms with Gasteiger partial charge in [0.1, 0.15) is 11.5 Å². The molecule has 1 atom stereocenters. The van der Waals surface area contributed by atoms with Gasteiger partial charge in [0, 0.05) is 23.0 Å². The molecular weight excluding hydrogens is 460 g/mol. The third-order valence-corrected chi connectivity index (χ3v) is 5.74. The van der Waals surface area contributed by atoms with Crippen LogP contribution in [-0.4, -0.2) is 17.4 Å². The van der Waals surface area contributed by atoms with Crippen LogP contribution in [0.2, 0.25) is 5.02 Å². The van der Waals surface area contributed by atoms with Gasteiger partial charge in [-0.25, -0.2) is 4.98 Å². The predicted molar refractivity (Wildman–Crippen MR) is 140 cm³/mol. The van der Waals surface area contributed by atoms with Gasteiger partial charge >= 0.3 is 0 Å². The Morgan fingerprint density at radius 1 is 0.914 bits per heavy atom. The lowest BCUT2D eigenvalue weighted by Crippen LogP contribution is -2.25. The molecular formula is C27H25ClN6O. The highest BCUT2D eigenvalue weighted by Gasteiger charge is 2.21. The number of rotatable bonds is 8. The van der Waals surface area contributed by atoms with Crippen molar-refractivity contribution in [2.45, 2.75) is 12.3 Å². The molecule has 4 aromatic rings. The largest absolute Gasteiger partial charge is 0.384 e. The van der Waals surface area contributed by atoms with Gasteiger partial charge in [-0.1, -0.05) is 60.1 Å². The minimum Gasteiger partial charge on any atom is -0.384 e. The second kappa shape index (κ2) is 11.3. The number of hydrogen-bond donors (Lipinski definition) is 3. The standard InChI is InChI=1S/C27H25ClN6O/c28-20-11-13-21(14-12-20)33-34-25-23(17-24(29)32-26(25)30)22(18-7-3-1-4-8-18)15-16-31-27(35)19-9-5-2-6-10-19/h1-14,17,22H,15-16H2,(H,31,35)(H4,29,30,32). The number of nitrogen functional groups attached to an aromatic ring is 2. The fraction of sp³-hybridized carbons (Fsp3) is 0.111. The third kappa shape index (κ3) is 6.22. The SMILES string of the molecule is Nc1cc(C(CCNC(=O)c2ccccc2)c2ccccc2)c(N=Nc2ccc(Cl)cc2)c(N)n1. The molecule has 0 fully saturated rings. The topological polar surface area (TPSA) is 119 Å². The lowest BCUT2D eigenvalue weighted by atomic mass is 9.87. The van der Waals surface area contributed by atoms with Crippen LogP contribution < -0.4 is 16.8 Å². The third-order valence-electron chi connectivity index (χ3n) is 5.49. The van der Waals surface area contributed by atoms with E-state index in [9.17, 15) is 4.79 Å². The van der Waals surface area contributed by atoms with Gasteiger partial charge in [0.05, 0.1) is 5.69 Å². The maximum absolute atomic E-state index is 12.6. The summed E-state index contributed by atoms with van der Waals surface area (Å²) < 4.78 is 0. The Morgan fingerprint density at radius 3 is 2.26 bits per heavy atom. The molecule has 5 N–H and O–H groups in total. The number of anilines is 2. The zero-order valence-corrected chi connectivity index (χ0v) is 19.7. The first kappa shape index (κ1) is 23.9. The van der Waals surface area contributed by atoms with Crippen molar-refractivity contribution in [1.29, 1.82) is 0 Å². The number of aromatic nitrogens is 1. The lowest BCUT2D eigenvalue weighted by Gasteiger charge is -2.21. The Morgan fingerprint density at radius 2 is 1.57 bits per heavy atom. The maximum atomic E-state index is 12.6. The number of nitrogens with two attached hydrogens (primary N) is 2. The van der Waals surface area contributed by atoms with E-state index >= 15 is 0 Å².